The number of allylic oxidation sites excluding steroid dienone is 2. The van der Waals surface area contributed by atoms with E-state index in [9.17, 15) is 0 Å². The molecule has 1 aliphatic heterocycles. The highest BCUT2D eigenvalue weighted by Crippen LogP contribution is 2.42. The number of benzene rings is 4. The third kappa shape index (κ3) is 5.22. The average molecular weight is 504 g/mol. The van der Waals surface area contributed by atoms with Crippen LogP contribution in [0.25, 0.3) is 21.5 Å². The van der Waals surface area contributed by atoms with Crippen LogP contribution in [0, 0.1) is 11.3 Å². The van der Waals surface area contributed by atoms with Crippen LogP contribution in [-0.4, -0.2) is 5.75 Å². The lowest BCUT2D eigenvalue weighted by atomic mass is 9.75. The fraction of sp³-hybridized carbons (Fsp3) is 0.242. The van der Waals surface area contributed by atoms with Crippen LogP contribution in [-0.2, 0) is 13.0 Å². The van der Waals surface area contributed by atoms with Crippen molar-refractivity contribution in [3.63, 3.8) is 0 Å². The predicted octanol–water partition coefficient (Wildman–Crippen LogP) is 7.64. The molecule has 0 saturated heterocycles. The Hall–Kier alpha value is -3.36. The van der Waals surface area contributed by atoms with Gasteiger partial charge in [-0.2, -0.15) is 5.26 Å². The Labute approximate surface area is 223 Å². The molecule has 4 aromatic rings. The van der Waals surface area contributed by atoms with Crippen LogP contribution in [0.3, 0.4) is 0 Å². The Balaban J connectivity index is 0.000000301. The Morgan fingerprint density at radius 2 is 1.86 bits per heavy atom. The van der Waals surface area contributed by atoms with Crippen molar-refractivity contribution in [3.05, 3.63) is 118 Å². The number of aryl methyl sites for hydroxylation is 1. The zero-order valence-corrected chi connectivity index (χ0v) is 22.1. The molecule has 4 aromatic carbocycles. The number of nitrogens with zero attached hydrogens (tertiary/aromatic N) is 1. The first-order chi connectivity index (χ1) is 18.1. The van der Waals surface area contributed by atoms with Gasteiger partial charge < -0.3 is 11.5 Å². The highest BCUT2D eigenvalue weighted by Gasteiger charge is 2.25. The summed E-state index contributed by atoms with van der Waals surface area (Å²) in [5.74, 6) is 1.36. The standard InChI is InChI=1S/C27H28N2.C6H5NS/c1-17(29)22-12-11-20(15-21(22)16-28)24-8-4-6-19-10-13-25-23-7-3-2-5-18(23)9-14-26(25)27(19)24;7-5-6-1-3-8-4-2-6/h2-3,5,7,9-15,17,24H,4,6,8,16,28-29H2,1H3;1-3H,4H2. The van der Waals surface area contributed by atoms with Crippen molar-refractivity contribution in [2.24, 2.45) is 11.5 Å². The number of rotatable bonds is 3. The van der Waals surface area contributed by atoms with Gasteiger partial charge in [-0.3, -0.25) is 0 Å². The van der Waals surface area contributed by atoms with E-state index in [1.807, 2.05) is 24.5 Å². The summed E-state index contributed by atoms with van der Waals surface area (Å²) in [4.78, 5) is 0. The highest BCUT2D eigenvalue weighted by molar-refractivity contribution is 8.02. The number of fused-ring (bicyclic) bond motifs is 5. The second-order valence-corrected chi connectivity index (χ2v) is 10.8. The van der Waals surface area contributed by atoms with E-state index in [0.29, 0.717) is 12.5 Å². The summed E-state index contributed by atoms with van der Waals surface area (Å²) in [6.07, 6.45) is 7.32. The summed E-state index contributed by atoms with van der Waals surface area (Å²) < 4.78 is 0. The smallest absolute Gasteiger partial charge is 0.0988 e. The SMILES string of the molecule is CC(N)c1ccc(C2CCCc3ccc4c(ccc5ccccc54)c32)cc1CN.N#CC1=CCSC=C1. The average Bonchev–Trinajstić information content (AvgIpc) is 2.96. The molecule has 2 aliphatic rings. The number of hydrogen-bond acceptors (Lipinski definition) is 4. The van der Waals surface area contributed by atoms with E-state index in [1.165, 1.54) is 56.6 Å². The molecule has 4 heteroatoms. The molecule has 0 bridgehead atoms. The van der Waals surface area contributed by atoms with Gasteiger partial charge in [0.15, 0.2) is 0 Å². The summed E-state index contributed by atoms with van der Waals surface area (Å²) in [5.41, 5.74) is 19.7. The van der Waals surface area contributed by atoms with Gasteiger partial charge in [0.1, 0.15) is 0 Å². The van der Waals surface area contributed by atoms with Crippen LogP contribution in [0.5, 0.6) is 0 Å². The molecule has 0 aromatic heterocycles. The van der Waals surface area contributed by atoms with Crippen molar-refractivity contribution >= 4 is 33.3 Å². The summed E-state index contributed by atoms with van der Waals surface area (Å²) in [7, 11) is 0. The van der Waals surface area contributed by atoms with Crippen LogP contribution in [0.4, 0.5) is 0 Å². The van der Waals surface area contributed by atoms with Gasteiger partial charge in [0, 0.05) is 29.8 Å². The van der Waals surface area contributed by atoms with E-state index in [2.05, 4.69) is 72.8 Å². The molecule has 186 valence electrons. The fourth-order valence-electron chi connectivity index (χ4n) is 5.69. The van der Waals surface area contributed by atoms with E-state index in [0.717, 1.165) is 23.3 Å². The lowest BCUT2D eigenvalue weighted by molar-refractivity contribution is 0.619. The van der Waals surface area contributed by atoms with E-state index in [4.69, 9.17) is 16.7 Å². The number of nitriles is 1. The molecule has 1 heterocycles. The van der Waals surface area contributed by atoms with Crippen molar-refractivity contribution in [2.75, 3.05) is 5.75 Å². The molecule has 37 heavy (non-hydrogen) atoms. The lowest BCUT2D eigenvalue weighted by Crippen LogP contribution is -2.15. The monoisotopic (exact) mass is 503 g/mol. The Kier molecular flexibility index (Phi) is 7.76. The minimum atomic E-state index is 0.00781. The number of hydrogen-bond donors (Lipinski definition) is 2. The molecule has 3 nitrogen and oxygen atoms in total. The fourth-order valence-corrected chi connectivity index (χ4v) is 6.32. The minimum Gasteiger partial charge on any atom is -0.326 e. The molecule has 2 unspecified atom stereocenters. The van der Waals surface area contributed by atoms with Gasteiger partial charge in [-0.1, -0.05) is 72.8 Å². The second-order valence-electron chi connectivity index (χ2n) is 9.82. The van der Waals surface area contributed by atoms with Crippen LogP contribution < -0.4 is 11.5 Å². The highest BCUT2D eigenvalue weighted by atomic mass is 32.2. The van der Waals surface area contributed by atoms with E-state index >= 15 is 0 Å². The normalized spacial score (nSPS) is 17.4. The van der Waals surface area contributed by atoms with Gasteiger partial charge in [0.2, 0.25) is 0 Å². The zero-order chi connectivity index (χ0) is 25.8. The van der Waals surface area contributed by atoms with Crippen LogP contribution in [0.15, 0.2) is 89.9 Å². The van der Waals surface area contributed by atoms with Gasteiger partial charge >= 0.3 is 0 Å². The minimum absolute atomic E-state index is 0.00781. The molecule has 0 fully saturated rings. The maximum atomic E-state index is 8.31. The zero-order valence-electron chi connectivity index (χ0n) is 21.3. The van der Waals surface area contributed by atoms with E-state index in [-0.39, 0.29) is 6.04 Å². The number of thioether (sulfide) groups is 1. The van der Waals surface area contributed by atoms with Gasteiger partial charge in [-0.05, 0) is 87.0 Å². The quantitative estimate of drug-likeness (QED) is 0.282. The van der Waals surface area contributed by atoms with Crippen LogP contribution in [0.1, 0.15) is 59.5 Å². The third-order valence-electron chi connectivity index (χ3n) is 7.50. The third-order valence-corrected chi connectivity index (χ3v) is 8.19. The second kappa shape index (κ2) is 11.4. The summed E-state index contributed by atoms with van der Waals surface area (Å²) in [6, 6.07) is 26.8. The molecule has 0 amide bonds. The predicted molar refractivity (Wildman–Crippen MR) is 158 cm³/mol. The molecule has 0 saturated carbocycles. The van der Waals surface area contributed by atoms with Crippen molar-refractivity contribution < 1.29 is 0 Å². The van der Waals surface area contributed by atoms with Gasteiger partial charge in [-0.25, -0.2) is 0 Å². The molecule has 0 spiro atoms. The first kappa shape index (κ1) is 25.3. The molecule has 2 atom stereocenters. The van der Waals surface area contributed by atoms with Crippen LogP contribution >= 0.6 is 11.8 Å². The first-order valence-electron chi connectivity index (χ1n) is 13.0. The lowest BCUT2D eigenvalue weighted by Gasteiger charge is -2.29. The van der Waals surface area contributed by atoms with Crippen molar-refractivity contribution in [2.45, 2.75) is 44.7 Å². The largest absolute Gasteiger partial charge is 0.326 e. The molecule has 4 N–H and O–H groups in total. The topological polar surface area (TPSA) is 75.8 Å². The molecule has 6 rings (SSSR count). The van der Waals surface area contributed by atoms with Crippen molar-refractivity contribution in [1.29, 1.82) is 5.26 Å². The summed E-state index contributed by atoms with van der Waals surface area (Å²) in [6.45, 7) is 2.56. The van der Waals surface area contributed by atoms with Crippen LogP contribution in [0.2, 0.25) is 0 Å². The summed E-state index contributed by atoms with van der Waals surface area (Å²) >= 11 is 1.71. The van der Waals surface area contributed by atoms with Gasteiger partial charge in [0.05, 0.1) is 6.07 Å². The first-order valence-corrected chi connectivity index (χ1v) is 14.1. The van der Waals surface area contributed by atoms with E-state index in [1.54, 1.807) is 11.8 Å². The van der Waals surface area contributed by atoms with Crippen molar-refractivity contribution in [3.8, 4) is 6.07 Å². The Bertz CT molecular complexity index is 1540. The van der Waals surface area contributed by atoms with Gasteiger partial charge in [-0.15, -0.1) is 11.8 Å². The maximum absolute atomic E-state index is 8.31. The van der Waals surface area contributed by atoms with Gasteiger partial charge in [0.25, 0.3) is 0 Å². The summed E-state index contributed by atoms with van der Waals surface area (Å²) in [5, 5.41) is 15.7. The molecular weight excluding hydrogens is 470 g/mol. The molecule has 0 radical (unpaired) electrons. The Morgan fingerprint density at radius 3 is 2.59 bits per heavy atom. The maximum Gasteiger partial charge on any atom is 0.0988 e. The van der Waals surface area contributed by atoms with Crippen molar-refractivity contribution in [1.82, 2.24) is 0 Å². The number of nitrogens with two attached hydrogens (primary N) is 2. The molecular formula is C33H33N3S. The molecule has 1 aliphatic carbocycles. The van der Waals surface area contributed by atoms with E-state index < -0.39 is 0 Å². The Morgan fingerprint density at radius 1 is 1.03 bits per heavy atom.